The molecule has 0 aliphatic heterocycles. The molecular weight excluding hydrogens is 217 g/mol. The van der Waals surface area contributed by atoms with Crippen molar-refractivity contribution >= 4 is 5.69 Å². The summed E-state index contributed by atoms with van der Waals surface area (Å²) in [6.07, 6.45) is 4.64. The van der Waals surface area contributed by atoms with Crippen LogP contribution in [-0.4, -0.2) is 6.61 Å². The summed E-state index contributed by atoms with van der Waals surface area (Å²) >= 11 is 0. The first kappa shape index (κ1) is 13.8. The first-order chi connectivity index (χ1) is 8.17. The van der Waals surface area contributed by atoms with E-state index in [0.717, 1.165) is 12.8 Å². The van der Waals surface area contributed by atoms with E-state index >= 15 is 0 Å². The molecule has 1 unspecified atom stereocenters. The minimum absolute atomic E-state index is 0.309. The number of halogens is 1. The molecule has 0 aliphatic rings. The van der Waals surface area contributed by atoms with Gasteiger partial charge in [0.15, 0.2) is 0 Å². The molecule has 0 amide bonds. The molecule has 0 spiro atoms. The summed E-state index contributed by atoms with van der Waals surface area (Å²) in [5.74, 6) is 0.674. The van der Waals surface area contributed by atoms with Gasteiger partial charge in [-0.3, -0.25) is 0 Å². The van der Waals surface area contributed by atoms with E-state index in [1.54, 1.807) is 0 Å². The van der Waals surface area contributed by atoms with E-state index < -0.39 is 0 Å². The fourth-order valence-electron chi connectivity index (χ4n) is 1.74. The van der Waals surface area contributed by atoms with Crippen molar-refractivity contribution in [2.45, 2.75) is 39.5 Å². The fourth-order valence-corrected chi connectivity index (χ4v) is 1.74. The van der Waals surface area contributed by atoms with Crippen LogP contribution in [0, 0.1) is 11.7 Å². The van der Waals surface area contributed by atoms with Gasteiger partial charge in [0.05, 0.1) is 12.3 Å². The van der Waals surface area contributed by atoms with Gasteiger partial charge in [0.2, 0.25) is 0 Å². The molecule has 0 saturated heterocycles. The lowest BCUT2D eigenvalue weighted by Gasteiger charge is -2.16. The van der Waals surface area contributed by atoms with Gasteiger partial charge in [-0.1, -0.05) is 33.1 Å². The van der Waals surface area contributed by atoms with E-state index in [-0.39, 0.29) is 5.82 Å². The molecular formula is C14H22FNO. The minimum atomic E-state index is -0.309. The predicted octanol–water partition coefficient (Wildman–Crippen LogP) is 4.00. The van der Waals surface area contributed by atoms with Gasteiger partial charge < -0.3 is 10.5 Å². The highest BCUT2D eigenvalue weighted by molar-refractivity contribution is 5.52. The number of ether oxygens (including phenoxy) is 1. The Morgan fingerprint density at radius 2 is 2.12 bits per heavy atom. The smallest absolute Gasteiger partial charge is 0.145 e. The zero-order valence-electron chi connectivity index (χ0n) is 10.7. The molecule has 0 fully saturated rings. The van der Waals surface area contributed by atoms with Crippen LogP contribution in [0.4, 0.5) is 10.1 Å². The van der Waals surface area contributed by atoms with Gasteiger partial charge in [0.25, 0.3) is 0 Å². The maximum absolute atomic E-state index is 13.0. The largest absolute Gasteiger partial charge is 0.491 e. The average molecular weight is 239 g/mol. The highest BCUT2D eigenvalue weighted by atomic mass is 19.1. The van der Waals surface area contributed by atoms with Crippen molar-refractivity contribution < 1.29 is 9.13 Å². The van der Waals surface area contributed by atoms with E-state index in [9.17, 15) is 4.39 Å². The molecule has 1 atom stereocenters. The maximum Gasteiger partial charge on any atom is 0.145 e. The molecule has 1 aromatic rings. The van der Waals surface area contributed by atoms with Crippen LogP contribution in [0.25, 0.3) is 0 Å². The van der Waals surface area contributed by atoms with Crippen LogP contribution in [0.1, 0.15) is 39.5 Å². The predicted molar refractivity (Wildman–Crippen MR) is 69.6 cm³/mol. The number of unbranched alkanes of at least 4 members (excludes halogenated alkanes) is 1. The first-order valence-corrected chi connectivity index (χ1v) is 6.35. The molecule has 96 valence electrons. The normalized spacial score (nSPS) is 12.4. The Balaban J connectivity index is 2.50. The monoisotopic (exact) mass is 239 g/mol. The second-order valence-corrected chi connectivity index (χ2v) is 4.41. The lowest BCUT2D eigenvalue weighted by atomic mass is 10.0. The molecule has 2 nitrogen and oxygen atoms in total. The SMILES string of the molecule is CCCCC(CC)COc1cc(F)ccc1N. The van der Waals surface area contributed by atoms with Crippen molar-refractivity contribution in [1.29, 1.82) is 0 Å². The van der Waals surface area contributed by atoms with Crippen LogP contribution in [0.15, 0.2) is 18.2 Å². The molecule has 2 N–H and O–H groups in total. The number of benzene rings is 1. The topological polar surface area (TPSA) is 35.2 Å². The second kappa shape index (κ2) is 7.15. The molecule has 0 bridgehead atoms. The summed E-state index contributed by atoms with van der Waals surface area (Å²) in [6.45, 7) is 4.95. The first-order valence-electron chi connectivity index (χ1n) is 6.35. The summed E-state index contributed by atoms with van der Waals surface area (Å²) in [7, 11) is 0. The van der Waals surface area contributed by atoms with Crippen molar-refractivity contribution in [3.63, 3.8) is 0 Å². The van der Waals surface area contributed by atoms with Gasteiger partial charge in [-0.2, -0.15) is 0 Å². The number of anilines is 1. The molecule has 0 radical (unpaired) electrons. The molecule has 0 aliphatic carbocycles. The zero-order chi connectivity index (χ0) is 12.7. The number of hydrogen-bond donors (Lipinski definition) is 1. The summed E-state index contributed by atoms with van der Waals surface area (Å²) in [4.78, 5) is 0. The highest BCUT2D eigenvalue weighted by Gasteiger charge is 2.08. The summed E-state index contributed by atoms with van der Waals surface area (Å²) in [5.41, 5.74) is 6.22. The van der Waals surface area contributed by atoms with Gasteiger partial charge in [-0.15, -0.1) is 0 Å². The number of nitrogens with two attached hydrogens (primary N) is 1. The van der Waals surface area contributed by atoms with Crippen molar-refractivity contribution in [3.05, 3.63) is 24.0 Å². The Morgan fingerprint density at radius 3 is 2.76 bits per heavy atom. The zero-order valence-corrected chi connectivity index (χ0v) is 10.7. The summed E-state index contributed by atoms with van der Waals surface area (Å²) in [5, 5.41) is 0. The lowest BCUT2D eigenvalue weighted by molar-refractivity contribution is 0.233. The van der Waals surface area contributed by atoms with Crippen LogP contribution in [0.3, 0.4) is 0 Å². The highest BCUT2D eigenvalue weighted by Crippen LogP contribution is 2.23. The van der Waals surface area contributed by atoms with E-state index in [2.05, 4.69) is 13.8 Å². The van der Waals surface area contributed by atoms with Gasteiger partial charge >= 0.3 is 0 Å². The van der Waals surface area contributed by atoms with Crippen molar-refractivity contribution in [2.24, 2.45) is 5.92 Å². The average Bonchev–Trinajstić information content (AvgIpc) is 2.33. The molecule has 3 heteroatoms. The molecule has 17 heavy (non-hydrogen) atoms. The van der Waals surface area contributed by atoms with Gasteiger partial charge in [0.1, 0.15) is 11.6 Å². The summed E-state index contributed by atoms with van der Waals surface area (Å²) < 4.78 is 18.6. The van der Waals surface area contributed by atoms with Crippen LogP contribution in [0.2, 0.25) is 0 Å². The Labute approximate surface area is 103 Å². The van der Waals surface area contributed by atoms with Crippen LogP contribution < -0.4 is 10.5 Å². The number of hydrogen-bond acceptors (Lipinski definition) is 2. The molecule has 1 rings (SSSR count). The number of rotatable bonds is 7. The molecule has 0 saturated carbocycles. The van der Waals surface area contributed by atoms with Crippen molar-refractivity contribution in [3.8, 4) is 5.75 Å². The fraction of sp³-hybridized carbons (Fsp3) is 0.571. The van der Waals surface area contributed by atoms with E-state index in [4.69, 9.17) is 10.5 Å². The van der Waals surface area contributed by atoms with Crippen LogP contribution >= 0.6 is 0 Å². The Morgan fingerprint density at radius 1 is 1.35 bits per heavy atom. The van der Waals surface area contributed by atoms with Crippen molar-refractivity contribution in [1.82, 2.24) is 0 Å². The Kier molecular flexibility index (Phi) is 5.81. The van der Waals surface area contributed by atoms with E-state index in [1.165, 1.54) is 31.0 Å². The van der Waals surface area contributed by atoms with Gasteiger partial charge in [-0.05, 0) is 24.5 Å². The maximum atomic E-state index is 13.0. The standard InChI is InChI=1S/C14H22FNO/c1-3-5-6-11(4-2)10-17-14-9-12(15)7-8-13(14)16/h7-9,11H,3-6,10,16H2,1-2H3. The number of nitrogen functional groups attached to an aromatic ring is 1. The summed E-state index contributed by atoms with van der Waals surface area (Å²) in [6, 6.07) is 4.23. The van der Waals surface area contributed by atoms with Gasteiger partial charge in [0, 0.05) is 6.07 Å². The second-order valence-electron chi connectivity index (χ2n) is 4.41. The van der Waals surface area contributed by atoms with Crippen LogP contribution in [-0.2, 0) is 0 Å². The quantitative estimate of drug-likeness (QED) is 0.730. The Bertz CT molecular complexity index is 341. The lowest BCUT2D eigenvalue weighted by Crippen LogP contribution is -2.12. The molecule has 0 heterocycles. The van der Waals surface area contributed by atoms with Crippen LogP contribution in [0.5, 0.6) is 5.75 Å². The van der Waals surface area contributed by atoms with Gasteiger partial charge in [-0.25, -0.2) is 4.39 Å². The third-order valence-electron chi connectivity index (χ3n) is 2.99. The molecule has 1 aromatic carbocycles. The molecule has 0 aromatic heterocycles. The Hall–Kier alpha value is -1.25. The van der Waals surface area contributed by atoms with E-state index in [1.807, 2.05) is 0 Å². The third-order valence-corrected chi connectivity index (χ3v) is 2.99. The third kappa shape index (κ3) is 4.63. The van der Waals surface area contributed by atoms with E-state index in [0.29, 0.717) is 24.0 Å². The van der Waals surface area contributed by atoms with Crippen molar-refractivity contribution in [2.75, 3.05) is 12.3 Å². The minimum Gasteiger partial charge on any atom is -0.491 e.